The molecular formula is C15H28N2O2. The van der Waals surface area contributed by atoms with Crippen LogP contribution < -0.4 is 10.6 Å². The normalized spacial score (nSPS) is 29.6. The van der Waals surface area contributed by atoms with Crippen LogP contribution in [0.15, 0.2) is 0 Å². The smallest absolute Gasteiger partial charge is 0.240 e. The Labute approximate surface area is 116 Å². The third-order valence-corrected chi connectivity index (χ3v) is 4.98. The largest absolute Gasteiger partial charge is 0.396 e. The van der Waals surface area contributed by atoms with E-state index in [9.17, 15) is 9.90 Å². The summed E-state index contributed by atoms with van der Waals surface area (Å²) in [7, 11) is 0. The Morgan fingerprint density at radius 2 is 2.00 bits per heavy atom. The van der Waals surface area contributed by atoms with E-state index in [-0.39, 0.29) is 23.5 Å². The fourth-order valence-electron chi connectivity index (χ4n) is 3.71. The van der Waals surface area contributed by atoms with Crippen LogP contribution in [0.25, 0.3) is 0 Å². The molecule has 0 spiro atoms. The number of amides is 1. The maximum atomic E-state index is 12.5. The number of hydrogen-bond donors (Lipinski definition) is 3. The second-order valence-electron chi connectivity index (χ2n) is 6.41. The molecular weight excluding hydrogens is 240 g/mol. The van der Waals surface area contributed by atoms with Crippen LogP contribution in [0.1, 0.15) is 58.3 Å². The number of rotatable bonds is 6. The molecule has 3 N–H and O–H groups in total. The Hall–Kier alpha value is -0.610. The fourth-order valence-corrected chi connectivity index (χ4v) is 3.71. The molecule has 4 heteroatoms. The maximum Gasteiger partial charge on any atom is 0.240 e. The Kier molecular flexibility index (Phi) is 4.85. The van der Waals surface area contributed by atoms with Gasteiger partial charge in [-0.3, -0.25) is 4.79 Å². The van der Waals surface area contributed by atoms with E-state index >= 15 is 0 Å². The molecule has 0 bridgehead atoms. The van der Waals surface area contributed by atoms with Crippen molar-refractivity contribution in [2.24, 2.45) is 5.41 Å². The highest BCUT2D eigenvalue weighted by Crippen LogP contribution is 2.37. The highest BCUT2D eigenvalue weighted by atomic mass is 16.3. The molecule has 19 heavy (non-hydrogen) atoms. The zero-order chi connectivity index (χ0) is 13.8. The van der Waals surface area contributed by atoms with Gasteiger partial charge in [0.05, 0.1) is 12.1 Å². The van der Waals surface area contributed by atoms with E-state index in [1.165, 1.54) is 12.8 Å². The monoisotopic (exact) mass is 268 g/mol. The number of hydrogen-bond acceptors (Lipinski definition) is 3. The number of aliphatic hydroxyl groups excluding tert-OH is 1. The van der Waals surface area contributed by atoms with Gasteiger partial charge in [-0.05, 0) is 38.6 Å². The van der Waals surface area contributed by atoms with Crippen LogP contribution in [0.5, 0.6) is 0 Å². The molecule has 1 atom stereocenters. The molecule has 0 aromatic rings. The van der Waals surface area contributed by atoms with Gasteiger partial charge in [0, 0.05) is 12.0 Å². The molecule has 2 fully saturated rings. The predicted octanol–water partition coefficient (Wildman–Crippen LogP) is 1.58. The minimum atomic E-state index is -0.343. The van der Waals surface area contributed by atoms with Gasteiger partial charge in [-0.15, -0.1) is 0 Å². The lowest BCUT2D eigenvalue weighted by Gasteiger charge is -2.32. The topological polar surface area (TPSA) is 61.4 Å². The molecule has 0 aromatic carbocycles. The Balaban J connectivity index is 1.92. The van der Waals surface area contributed by atoms with Crippen LogP contribution in [0.4, 0.5) is 0 Å². The third kappa shape index (κ3) is 3.11. The van der Waals surface area contributed by atoms with Gasteiger partial charge in [-0.2, -0.15) is 0 Å². The molecule has 110 valence electrons. The molecule has 2 rings (SSSR count). The average Bonchev–Trinajstić information content (AvgIpc) is 3.07. The summed E-state index contributed by atoms with van der Waals surface area (Å²) in [5, 5.41) is 16.1. The van der Waals surface area contributed by atoms with Crippen LogP contribution in [0.2, 0.25) is 0 Å². The van der Waals surface area contributed by atoms with Crippen LogP contribution in [-0.4, -0.2) is 36.2 Å². The third-order valence-electron chi connectivity index (χ3n) is 4.98. The van der Waals surface area contributed by atoms with E-state index in [1.807, 2.05) is 0 Å². The summed E-state index contributed by atoms with van der Waals surface area (Å²) in [5.41, 5.74) is -0.397. The number of carbonyl (C=O) groups is 1. The van der Waals surface area contributed by atoms with Gasteiger partial charge in [-0.1, -0.05) is 26.2 Å². The fraction of sp³-hybridized carbons (Fsp3) is 0.933. The minimum absolute atomic E-state index is 0.0539. The SMILES string of the molecule is CCCC1(C(=O)NCC2(CO)CCCC2)CCCN1. The molecule has 4 nitrogen and oxygen atoms in total. The Morgan fingerprint density at radius 1 is 1.26 bits per heavy atom. The van der Waals surface area contributed by atoms with E-state index < -0.39 is 0 Å². The van der Waals surface area contributed by atoms with Crippen molar-refractivity contribution in [3.8, 4) is 0 Å². The molecule has 1 amide bonds. The summed E-state index contributed by atoms with van der Waals surface area (Å²) < 4.78 is 0. The first-order valence-corrected chi connectivity index (χ1v) is 7.81. The number of carbonyl (C=O) groups excluding carboxylic acids is 1. The Bertz CT molecular complexity index is 305. The number of nitrogens with one attached hydrogen (secondary N) is 2. The second-order valence-corrected chi connectivity index (χ2v) is 6.41. The van der Waals surface area contributed by atoms with Crippen molar-refractivity contribution in [2.45, 2.75) is 63.8 Å². The van der Waals surface area contributed by atoms with E-state index in [0.29, 0.717) is 6.54 Å². The summed E-state index contributed by atoms with van der Waals surface area (Å²) in [6.07, 6.45) is 8.38. The van der Waals surface area contributed by atoms with Gasteiger partial charge in [0.1, 0.15) is 0 Å². The van der Waals surface area contributed by atoms with Crippen molar-refractivity contribution >= 4 is 5.91 Å². The first kappa shape index (κ1) is 14.8. The predicted molar refractivity (Wildman–Crippen MR) is 75.9 cm³/mol. The molecule has 1 heterocycles. The van der Waals surface area contributed by atoms with Gasteiger partial charge in [-0.25, -0.2) is 0 Å². The van der Waals surface area contributed by atoms with Crippen molar-refractivity contribution in [3.05, 3.63) is 0 Å². The molecule has 1 unspecified atom stereocenters. The lowest BCUT2D eigenvalue weighted by Crippen LogP contribution is -2.55. The van der Waals surface area contributed by atoms with Crippen LogP contribution in [0.3, 0.4) is 0 Å². The van der Waals surface area contributed by atoms with Crippen molar-refractivity contribution in [2.75, 3.05) is 19.7 Å². The van der Waals surface area contributed by atoms with Crippen LogP contribution in [-0.2, 0) is 4.79 Å². The highest BCUT2D eigenvalue weighted by Gasteiger charge is 2.41. The molecule has 1 saturated heterocycles. The average molecular weight is 268 g/mol. The molecule has 0 aromatic heterocycles. The van der Waals surface area contributed by atoms with Crippen molar-refractivity contribution in [1.29, 1.82) is 0 Å². The highest BCUT2D eigenvalue weighted by molar-refractivity contribution is 5.86. The second kappa shape index (κ2) is 6.23. The lowest BCUT2D eigenvalue weighted by molar-refractivity contribution is -0.128. The maximum absolute atomic E-state index is 12.5. The first-order valence-electron chi connectivity index (χ1n) is 7.81. The molecule has 1 aliphatic heterocycles. The molecule has 1 aliphatic carbocycles. The zero-order valence-electron chi connectivity index (χ0n) is 12.1. The molecule has 1 saturated carbocycles. The molecule has 0 radical (unpaired) electrons. The van der Waals surface area contributed by atoms with Gasteiger partial charge in [0.25, 0.3) is 0 Å². The Morgan fingerprint density at radius 3 is 2.53 bits per heavy atom. The standard InChI is InChI=1S/C15H28N2O2/c1-2-6-15(9-5-10-17-15)13(19)16-11-14(12-18)7-3-4-8-14/h17-18H,2-12H2,1H3,(H,16,19). The van der Waals surface area contributed by atoms with Gasteiger partial charge in [0.15, 0.2) is 0 Å². The summed E-state index contributed by atoms with van der Waals surface area (Å²) in [6.45, 7) is 3.90. The van der Waals surface area contributed by atoms with Gasteiger partial charge < -0.3 is 15.7 Å². The zero-order valence-corrected chi connectivity index (χ0v) is 12.1. The van der Waals surface area contributed by atoms with Crippen LogP contribution in [0, 0.1) is 5.41 Å². The summed E-state index contributed by atoms with van der Waals surface area (Å²) >= 11 is 0. The van der Waals surface area contributed by atoms with E-state index in [2.05, 4.69) is 17.6 Å². The van der Waals surface area contributed by atoms with E-state index in [0.717, 1.165) is 45.1 Å². The van der Waals surface area contributed by atoms with Gasteiger partial charge >= 0.3 is 0 Å². The minimum Gasteiger partial charge on any atom is -0.396 e. The van der Waals surface area contributed by atoms with Gasteiger partial charge in [0.2, 0.25) is 5.91 Å². The summed E-state index contributed by atoms with van der Waals surface area (Å²) in [6, 6.07) is 0. The summed E-state index contributed by atoms with van der Waals surface area (Å²) in [4.78, 5) is 12.5. The number of aliphatic hydroxyl groups is 1. The summed E-state index contributed by atoms with van der Waals surface area (Å²) in [5.74, 6) is 0.145. The molecule has 2 aliphatic rings. The quantitative estimate of drug-likeness (QED) is 0.685. The van der Waals surface area contributed by atoms with Crippen molar-refractivity contribution < 1.29 is 9.90 Å². The first-order chi connectivity index (χ1) is 9.16. The lowest BCUT2D eigenvalue weighted by atomic mass is 9.86. The van der Waals surface area contributed by atoms with Crippen molar-refractivity contribution in [3.63, 3.8) is 0 Å². The van der Waals surface area contributed by atoms with E-state index in [1.54, 1.807) is 0 Å². The van der Waals surface area contributed by atoms with Crippen molar-refractivity contribution in [1.82, 2.24) is 10.6 Å². The van der Waals surface area contributed by atoms with Crippen LogP contribution >= 0.6 is 0 Å². The van der Waals surface area contributed by atoms with E-state index in [4.69, 9.17) is 0 Å².